The molecule has 1 saturated carbocycles. The molecule has 1 aliphatic heterocycles. The zero-order valence-corrected chi connectivity index (χ0v) is 16.1. The number of hydrogen-bond acceptors (Lipinski definition) is 5. The van der Waals surface area contributed by atoms with Crippen molar-refractivity contribution in [1.82, 2.24) is 9.88 Å². The fraction of sp³-hybridized carbons (Fsp3) is 0.524. The van der Waals surface area contributed by atoms with Crippen molar-refractivity contribution < 1.29 is 19.1 Å². The number of aromatic nitrogens is 1. The highest BCUT2D eigenvalue weighted by Crippen LogP contribution is 2.48. The second kappa shape index (κ2) is 6.68. The van der Waals surface area contributed by atoms with E-state index in [4.69, 9.17) is 9.15 Å². The molecule has 0 bridgehead atoms. The number of ether oxygens (including phenoxy) is 1. The summed E-state index contributed by atoms with van der Waals surface area (Å²) in [6, 6.07) is 7.65. The van der Waals surface area contributed by atoms with Gasteiger partial charge in [0.25, 0.3) is 5.91 Å². The largest absolute Gasteiger partial charge is 0.497 e. The van der Waals surface area contributed by atoms with Gasteiger partial charge in [0.2, 0.25) is 5.76 Å². The van der Waals surface area contributed by atoms with Gasteiger partial charge in [0.05, 0.1) is 18.4 Å². The molecule has 1 amide bonds. The maximum absolute atomic E-state index is 12.9. The number of fused-ring (bicyclic) bond motifs is 1. The predicted molar refractivity (Wildman–Crippen MR) is 99.6 cm³/mol. The third-order valence-corrected chi connectivity index (χ3v) is 6.16. The third kappa shape index (κ3) is 3.02. The average Bonchev–Trinajstić information content (AvgIpc) is 3.25. The number of oxazole rings is 1. The molecule has 0 unspecified atom stereocenters. The third-order valence-electron chi connectivity index (χ3n) is 6.16. The zero-order chi connectivity index (χ0) is 19.2. The van der Waals surface area contributed by atoms with Crippen molar-refractivity contribution in [3.05, 3.63) is 47.2 Å². The second-order valence-corrected chi connectivity index (χ2v) is 7.77. The summed E-state index contributed by atoms with van der Waals surface area (Å²) in [7, 11) is 1.63. The van der Waals surface area contributed by atoms with E-state index in [0.717, 1.165) is 24.2 Å². The van der Waals surface area contributed by atoms with Crippen molar-refractivity contribution in [2.75, 3.05) is 20.2 Å². The van der Waals surface area contributed by atoms with Gasteiger partial charge >= 0.3 is 0 Å². The quantitative estimate of drug-likeness (QED) is 0.899. The number of methoxy groups -OCH3 is 1. The Morgan fingerprint density at radius 1 is 1.30 bits per heavy atom. The molecule has 2 aromatic rings. The number of nitrogens with zero attached hydrogens (tertiary/aromatic N) is 2. The fourth-order valence-electron chi connectivity index (χ4n) is 4.80. The number of likely N-dealkylation sites (tertiary alicyclic amines) is 1. The Hall–Kier alpha value is -2.34. The lowest BCUT2D eigenvalue weighted by molar-refractivity contribution is -0.0644. The topological polar surface area (TPSA) is 75.8 Å². The van der Waals surface area contributed by atoms with Crippen LogP contribution in [0.1, 0.15) is 47.0 Å². The van der Waals surface area contributed by atoms with E-state index in [2.05, 4.69) is 4.98 Å². The Morgan fingerprint density at radius 2 is 2.04 bits per heavy atom. The summed E-state index contributed by atoms with van der Waals surface area (Å²) in [5.41, 5.74) is 0.605. The van der Waals surface area contributed by atoms with E-state index < -0.39 is 5.60 Å². The van der Waals surface area contributed by atoms with Gasteiger partial charge in [0.1, 0.15) is 5.75 Å². The number of carbonyl (C=O) groups excluding carboxylic acids is 1. The molecule has 144 valence electrons. The minimum atomic E-state index is -0.920. The van der Waals surface area contributed by atoms with Crippen LogP contribution in [0.5, 0.6) is 5.75 Å². The Kier molecular flexibility index (Phi) is 4.46. The lowest BCUT2D eigenvalue weighted by Gasteiger charge is -2.41. The van der Waals surface area contributed by atoms with Gasteiger partial charge in [-0.3, -0.25) is 4.79 Å². The molecule has 6 nitrogen and oxygen atoms in total. The number of benzene rings is 1. The Morgan fingerprint density at radius 3 is 2.67 bits per heavy atom. The first-order valence-corrected chi connectivity index (χ1v) is 9.52. The highest BCUT2D eigenvalue weighted by Gasteiger charge is 2.51. The van der Waals surface area contributed by atoms with Crippen molar-refractivity contribution in [2.24, 2.45) is 11.8 Å². The molecule has 2 fully saturated rings. The molecule has 6 heteroatoms. The maximum Gasteiger partial charge on any atom is 0.291 e. The maximum atomic E-state index is 12.9. The number of aryl methyl sites for hydroxylation is 2. The van der Waals surface area contributed by atoms with Gasteiger partial charge in [-0.1, -0.05) is 12.1 Å². The zero-order valence-electron chi connectivity index (χ0n) is 16.1. The van der Waals surface area contributed by atoms with Crippen molar-refractivity contribution >= 4 is 5.91 Å². The van der Waals surface area contributed by atoms with Gasteiger partial charge < -0.3 is 19.2 Å². The monoisotopic (exact) mass is 370 g/mol. The van der Waals surface area contributed by atoms with Gasteiger partial charge in [-0.05, 0) is 49.8 Å². The Bertz CT molecular complexity index is 844. The first kappa shape index (κ1) is 18.0. The molecule has 1 aromatic carbocycles. The van der Waals surface area contributed by atoms with Crippen LogP contribution >= 0.6 is 0 Å². The smallest absolute Gasteiger partial charge is 0.291 e. The molecule has 3 atom stereocenters. The summed E-state index contributed by atoms with van der Waals surface area (Å²) in [6.07, 6.45) is 2.69. The van der Waals surface area contributed by atoms with E-state index in [1.54, 1.807) is 21.0 Å². The summed E-state index contributed by atoms with van der Waals surface area (Å²) in [5.74, 6) is 1.78. The normalized spacial score (nSPS) is 27.5. The van der Waals surface area contributed by atoms with Crippen LogP contribution in [0.15, 0.2) is 28.7 Å². The van der Waals surface area contributed by atoms with E-state index in [1.165, 1.54) is 0 Å². The SMILES string of the molecule is COc1ccc([C@@]2(O)CCC[C@@H]3CN(C(=O)c4oc(C)nc4C)C[C@H]32)cc1. The Labute approximate surface area is 159 Å². The summed E-state index contributed by atoms with van der Waals surface area (Å²) in [5, 5.41) is 11.6. The lowest BCUT2D eigenvalue weighted by atomic mass is 9.67. The number of aliphatic hydroxyl groups is 1. The summed E-state index contributed by atoms with van der Waals surface area (Å²) >= 11 is 0. The van der Waals surface area contributed by atoms with Gasteiger partial charge in [-0.25, -0.2) is 4.98 Å². The van der Waals surface area contributed by atoms with E-state index in [1.807, 2.05) is 29.2 Å². The molecule has 0 spiro atoms. The first-order chi connectivity index (χ1) is 12.9. The number of hydrogen-bond donors (Lipinski definition) is 1. The molecule has 0 radical (unpaired) electrons. The lowest BCUT2D eigenvalue weighted by Crippen LogP contribution is -2.43. The molecule has 1 aromatic heterocycles. The molecule has 2 aliphatic rings. The van der Waals surface area contributed by atoms with Crippen LogP contribution in [0, 0.1) is 25.7 Å². The molecule has 1 aliphatic carbocycles. The molecular weight excluding hydrogens is 344 g/mol. The predicted octanol–water partition coefficient (Wildman–Crippen LogP) is 3.06. The van der Waals surface area contributed by atoms with Crippen molar-refractivity contribution in [3.8, 4) is 5.75 Å². The highest BCUT2D eigenvalue weighted by molar-refractivity contribution is 5.92. The van der Waals surface area contributed by atoms with E-state index >= 15 is 0 Å². The van der Waals surface area contributed by atoms with E-state index in [-0.39, 0.29) is 11.8 Å². The van der Waals surface area contributed by atoms with Crippen molar-refractivity contribution in [3.63, 3.8) is 0 Å². The summed E-state index contributed by atoms with van der Waals surface area (Å²) in [6.45, 7) is 4.73. The highest BCUT2D eigenvalue weighted by atomic mass is 16.5. The van der Waals surface area contributed by atoms with Crippen molar-refractivity contribution in [2.45, 2.75) is 38.7 Å². The van der Waals surface area contributed by atoms with Gasteiger partial charge in [-0.2, -0.15) is 0 Å². The van der Waals surface area contributed by atoms with Crippen LogP contribution in [0.25, 0.3) is 0 Å². The van der Waals surface area contributed by atoms with Crippen LogP contribution in [-0.4, -0.2) is 41.1 Å². The minimum absolute atomic E-state index is 0.0212. The van der Waals surface area contributed by atoms with Crippen molar-refractivity contribution in [1.29, 1.82) is 0 Å². The first-order valence-electron chi connectivity index (χ1n) is 9.52. The van der Waals surface area contributed by atoms with Crippen LogP contribution in [0.2, 0.25) is 0 Å². The van der Waals surface area contributed by atoms with Gasteiger partial charge in [-0.15, -0.1) is 0 Å². The average molecular weight is 370 g/mol. The molecule has 1 saturated heterocycles. The Balaban J connectivity index is 1.59. The molecular formula is C21H26N2O4. The second-order valence-electron chi connectivity index (χ2n) is 7.77. The van der Waals surface area contributed by atoms with Crippen LogP contribution in [0.3, 0.4) is 0 Å². The van der Waals surface area contributed by atoms with Crippen LogP contribution in [-0.2, 0) is 5.60 Å². The van der Waals surface area contributed by atoms with Gasteiger partial charge in [0.15, 0.2) is 5.89 Å². The fourth-order valence-corrected chi connectivity index (χ4v) is 4.80. The van der Waals surface area contributed by atoms with E-state index in [0.29, 0.717) is 42.8 Å². The molecule has 27 heavy (non-hydrogen) atoms. The standard InChI is InChI=1S/C21H26N2O4/c1-13-19(27-14(2)22-13)20(24)23-11-15-5-4-10-21(25,18(15)12-23)16-6-8-17(26-3)9-7-16/h6-9,15,18,25H,4-5,10-12H2,1-3H3/t15-,18-,21+/m1/s1. The number of rotatable bonds is 3. The summed E-state index contributed by atoms with van der Waals surface area (Å²) < 4.78 is 10.8. The molecule has 4 rings (SSSR count). The molecule has 2 heterocycles. The van der Waals surface area contributed by atoms with Crippen LogP contribution in [0.4, 0.5) is 0 Å². The summed E-state index contributed by atoms with van der Waals surface area (Å²) in [4.78, 5) is 19.0. The number of carbonyl (C=O) groups is 1. The molecule has 1 N–H and O–H groups in total. The minimum Gasteiger partial charge on any atom is -0.497 e. The van der Waals surface area contributed by atoms with Crippen LogP contribution < -0.4 is 4.74 Å². The van der Waals surface area contributed by atoms with Gasteiger partial charge in [0, 0.05) is 25.9 Å². The number of amides is 1. The van der Waals surface area contributed by atoms with E-state index in [9.17, 15) is 9.90 Å².